The van der Waals surface area contributed by atoms with E-state index in [-0.39, 0.29) is 11.4 Å². The first-order valence-electron chi connectivity index (χ1n) is 10.3. The molecule has 0 bridgehead atoms. The van der Waals surface area contributed by atoms with Gasteiger partial charge in [0.15, 0.2) is 0 Å². The second kappa shape index (κ2) is 12.4. The molecule has 3 aromatic carbocycles. The van der Waals surface area contributed by atoms with Crippen molar-refractivity contribution in [3.05, 3.63) is 88.4 Å². The molecule has 180 valence electrons. The number of carbonyl (C=O) groups excluding carboxylic acids is 1. The summed E-state index contributed by atoms with van der Waals surface area (Å²) in [4.78, 5) is 12.8. The molecule has 0 spiro atoms. The summed E-state index contributed by atoms with van der Waals surface area (Å²) in [5.41, 5.74) is 1.21. The third kappa shape index (κ3) is 6.82. The van der Waals surface area contributed by atoms with Crippen molar-refractivity contribution in [3.63, 3.8) is 0 Å². The van der Waals surface area contributed by atoms with Crippen LogP contribution in [0.1, 0.15) is 5.56 Å². The number of halogens is 2. The zero-order valence-electron chi connectivity index (χ0n) is 18.4. The van der Waals surface area contributed by atoms with Crippen LogP contribution < -0.4 is 14.4 Å². The van der Waals surface area contributed by atoms with Crippen molar-refractivity contribution >= 4 is 56.6 Å². The van der Waals surface area contributed by atoms with Crippen LogP contribution >= 0.6 is 35.0 Å². The Labute approximate surface area is 214 Å². The molecule has 0 heterocycles. The molecule has 0 aliphatic carbocycles. The van der Waals surface area contributed by atoms with Crippen molar-refractivity contribution in [2.75, 3.05) is 30.3 Å². The van der Waals surface area contributed by atoms with Gasteiger partial charge in [0.25, 0.3) is 10.0 Å². The maximum atomic E-state index is 13.3. The molecule has 0 fully saturated rings. The summed E-state index contributed by atoms with van der Waals surface area (Å²) >= 11 is 13.9. The minimum absolute atomic E-state index is 0.103. The number of anilines is 1. The third-order valence-corrected chi connectivity index (χ3v) is 8.34. The lowest BCUT2D eigenvalue weighted by Crippen LogP contribution is -2.41. The van der Waals surface area contributed by atoms with Crippen molar-refractivity contribution < 1.29 is 17.9 Å². The van der Waals surface area contributed by atoms with Crippen LogP contribution in [0.3, 0.4) is 0 Å². The van der Waals surface area contributed by atoms with Crippen molar-refractivity contribution in [2.24, 2.45) is 0 Å². The first-order valence-corrected chi connectivity index (χ1v) is 13.7. The minimum Gasteiger partial charge on any atom is -0.497 e. The largest absolute Gasteiger partial charge is 0.497 e. The summed E-state index contributed by atoms with van der Waals surface area (Å²) in [7, 11) is -2.43. The Balaban J connectivity index is 1.64. The van der Waals surface area contributed by atoms with E-state index in [4.69, 9.17) is 27.9 Å². The van der Waals surface area contributed by atoms with Gasteiger partial charge in [-0.25, -0.2) is 8.42 Å². The van der Waals surface area contributed by atoms with Crippen molar-refractivity contribution in [1.29, 1.82) is 0 Å². The lowest BCUT2D eigenvalue weighted by atomic mass is 10.2. The highest BCUT2D eigenvalue weighted by atomic mass is 35.5. The van der Waals surface area contributed by atoms with Crippen molar-refractivity contribution in [1.82, 2.24) is 5.32 Å². The van der Waals surface area contributed by atoms with Crippen LogP contribution in [0.25, 0.3) is 0 Å². The molecule has 1 amide bonds. The Bertz CT molecular complexity index is 1190. The average molecular weight is 540 g/mol. The monoisotopic (exact) mass is 538 g/mol. The Morgan fingerprint density at radius 2 is 1.62 bits per heavy atom. The average Bonchev–Trinajstić information content (AvgIpc) is 2.84. The zero-order chi connectivity index (χ0) is 24.6. The first kappa shape index (κ1) is 26.2. The molecule has 0 aliphatic heterocycles. The van der Waals surface area contributed by atoms with Gasteiger partial charge in [0.05, 0.1) is 17.7 Å². The lowest BCUT2D eigenvalue weighted by molar-refractivity contribution is -0.119. The lowest BCUT2D eigenvalue weighted by Gasteiger charge is -2.24. The number of benzene rings is 3. The number of ether oxygens (including phenoxy) is 1. The molecule has 3 aromatic rings. The van der Waals surface area contributed by atoms with Gasteiger partial charge in [0.2, 0.25) is 5.91 Å². The van der Waals surface area contributed by atoms with E-state index < -0.39 is 15.9 Å². The first-order chi connectivity index (χ1) is 16.3. The number of nitrogens with zero attached hydrogens (tertiary/aromatic N) is 1. The van der Waals surface area contributed by atoms with E-state index in [9.17, 15) is 13.2 Å². The van der Waals surface area contributed by atoms with E-state index in [0.29, 0.717) is 39.5 Å². The maximum Gasteiger partial charge on any atom is 0.264 e. The Kier molecular flexibility index (Phi) is 9.53. The summed E-state index contributed by atoms with van der Waals surface area (Å²) in [6, 6.07) is 19.9. The second-order valence-electron chi connectivity index (χ2n) is 7.13. The van der Waals surface area contributed by atoms with Crippen LogP contribution in [0.4, 0.5) is 5.69 Å². The Hall–Kier alpha value is -2.39. The quantitative estimate of drug-likeness (QED) is 0.337. The van der Waals surface area contributed by atoms with Crippen molar-refractivity contribution in [3.8, 4) is 5.75 Å². The number of nitrogens with one attached hydrogen (secondary N) is 1. The van der Waals surface area contributed by atoms with Crippen LogP contribution in [0.15, 0.2) is 77.7 Å². The number of methoxy groups -OCH3 is 1. The Morgan fingerprint density at radius 1 is 0.971 bits per heavy atom. The van der Waals surface area contributed by atoms with E-state index >= 15 is 0 Å². The second-order valence-corrected chi connectivity index (χ2v) is 10.9. The van der Waals surface area contributed by atoms with Gasteiger partial charge in [-0.05, 0) is 54.1 Å². The molecule has 3 rings (SSSR count). The van der Waals surface area contributed by atoms with E-state index in [0.717, 1.165) is 9.87 Å². The van der Waals surface area contributed by atoms with Crippen LogP contribution in [-0.4, -0.2) is 40.3 Å². The third-order valence-electron chi connectivity index (χ3n) is 4.86. The van der Waals surface area contributed by atoms with Crippen LogP contribution in [-0.2, 0) is 20.6 Å². The van der Waals surface area contributed by atoms with Crippen molar-refractivity contribution in [2.45, 2.75) is 10.6 Å². The molecule has 0 radical (unpaired) electrons. The fourth-order valence-corrected chi connectivity index (χ4v) is 6.11. The van der Waals surface area contributed by atoms with E-state index in [1.807, 2.05) is 0 Å². The predicted molar refractivity (Wildman–Crippen MR) is 140 cm³/mol. The summed E-state index contributed by atoms with van der Waals surface area (Å²) in [6.07, 6.45) is 0. The normalized spacial score (nSPS) is 11.1. The van der Waals surface area contributed by atoms with Crippen LogP contribution in [0, 0.1) is 0 Å². The van der Waals surface area contributed by atoms with Gasteiger partial charge in [0, 0.05) is 28.1 Å². The summed E-state index contributed by atoms with van der Waals surface area (Å²) < 4.78 is 32.9. The Morgan fingerprint density at radius 3 is 2.24 bits per heavy atom. The number of amides is 1. The zero-order valence-corrected chi connectivity index (χ0v) is 21.6. The van der Waals surface area contributed by atoms with Gasteiger partial charge in [-0.3, -0.25) is 9.10 Å². The maximum absolute atomic E-state index is 13.3. The van der Waals surface area contributed by atoms with E-state index in [1.165, 1.54) is 19.2 Å². The smallest absolute Gasteiger partial charge is 0.264 e. The minimum atomic E-state index is -3.95. The molecule has 0 saturated carbocycles. The molecular formula is C24H24Cl2N2O4S2. The van der Waals surface area contributed by atoms with Gasteiger partial charge in [0.1, 0.15) is 12.3 Å². The number of hydrogen-bond acceptors (Lipinski definition) is 5. The highest BCUT2D eigenvalue weighted by Gasteiger charge is 2.27. The van der Waals surface area contributed by atoms with E-state index in [1.54, 1.807) is 72.4 Å². The number of sulfonamides is 1. The molecule has 0 atom stereocenters. The number of rotatable bonds is 11. The SMILES string of the molecule is COc1ccc(N(CC(=O)NCCSCc2c(Cl)cccc2Cl)S(=O)(=O)c2ccccc2)cc1. The molecule has 0 aromatic heterocycles. The molecular weight excluding hydrogens is 515 g/mol. The topological polar surface area (TPSA) is 75.7 Å². The molecule has 0 aliphatic rings. The van der Waals surface area contributed by atoms with Gasteiger partial charge < -0.3 is 10.1 Å². The highest BCUT2D eigenvalue weighted by Crippen LogP contribution is 2.28. The molecule has 0 saturated heterocycles. The molecule has 6 nitrogen and oxygen atoms in total. The van der Waals surface area contributed by atoms with Crippen LogP contribution in [0.2, 0.25) is 10.0 Å². The highest BCUT2D eigenvalue weighted by molar-refractivity contribution is 7.98. The van der Waals surface area contributed by atoms with Gasteiger partial charge >= 0.3 is 0 Å². The van der Waals surface area contributed by atoms with Gasteiger partial charge in [-0.1, -0.05) is 47.5 Å². The summed E-state index contributed by atoms with van der Waals surface area (Å²) in [5.74, 6) is 1.39. The molecule has 1 N–H and O–H groups in total. The number of thioether (sulfide) groups is 1. The summed E-state index contributed by atoms with van der Waals surface area (Å²) in [6.45, 7) is 0.0119. The van der Waals surface area contributed by atoms with Crippen LogP contribution in [0.5, 0.6) is 5.75 Å². The van der Waals surface area contributed by atoms with E-state index in [2.05, 4.69) is 5.32 Å². The fourth-order valence-electron chi connectivity index (χ4n) is 3.08. The predicted octanol–water partition coefficient (Wildman–Crippen LogP) is 5.25. The summed E-state index contributed by atoms with van der Waals surface area (Å²) in [5, 5.41) is 3.99. The molecule has 34 heavy (non-hydrogen) atoms. The standard InChI is InChI=1S/C24H24Cl2N2O4S2/c1-32-19-12-10-18(11-13-19)28(34(30,31)20-6-3-2-4-7-20)16-24(29)27-14-15-33-17-21-22(25)8-5-9-23(21)26/h2-13H,14-17H2,1H3,(H,27,29). The fraction of sp³-hybridized carbons (Fsp3) is 0.208. The number of hydrogen-bond donors (Lipinski definition) is 1. The molecule has 0 unspecified atom stereocenters. The number of carbonyl (C=O) groups is 1. The van der Waals surface area contributed by atoms with Gasteiger partial charge in [-0.2, -0.15) is 11.8 Å². The van der Waals surface area contributed by atoms with Gasteiger partial charge in [-0.15, -0.1) is 0 Å². The molecule has 10 heteroatoms.